The molecule has 1 heterocycles. The molecule has 1 aromatic carbocycles. The second kappa shape index (κ2) is 8.74. The average Bonchev–Trinajstić information content (AvgIpc) is 2.87. The van der Waals surface area contributed by atoms with Crippen molar-refractivity contribution >= 4 is 12.0 Å². The molecule has 25 heavy (non-hydrogen) atoms. The van der Waals surface area contributed by atoms with Crippen molar-refractivity contribution in [1.82, 2.24) is 9.80 Å². The van der Waals surface area contributed by atoms with E-state index in [0.717, 1.165) is 17.7 Å². The molecule has 2 amide bonds. The molecule has 1 aliphatic heterocycles. The Kier molecular flexibility index (Phi) is 6.67. The van der Waals surface area contributed by atoms with E-state index in [0.29, 0.717) is 38.5 Å². The first-order chi connectivity index (χ1) is 12.0. The third kappa shape index (κ3) is 4.87. The van der Waals surface area contributed by atoms with E-state index in [1.54, 1.807) is 12.0 Å². The van der Waals surface area contributed by atoms with Crippen molar-refractivity contribution in [3.63, 3.8) is 0 Å². The monoisotopic (exact) mass is 348 g/mol. The van der Waals surface area contributed by atoms with Gasteiger partial charge in [0.15, 0.2) is 0 Å². The highest BCUT2D eigenvalue weighted by atomic mass is 16.5. The summed E-state index contributed by atoms with van der Waals surface area (Å²) in [6.45, 7) is 6.55. The minimum absolute atomic E-state index is 0.0610. The summed E-state index contributed by atoms with van der Waals surface area (Å²) < 4.78 is 10.2. The van der Waals surface area contributed by atoms with Gasteiger partial charge in [-0.15, -0.1) is 0 Å². The molecule has 138 valence electrons. The van der Waals surface area contributed by atoms with Gasteiger partial charge < -0.3 is 19.3 Å². The fourth-order valence-corrected chi connectivity index (χ4v) is 3.05. The van der Waals surface area contributed by atoms with Crippen molar-refractivity contribution in [3.05, 3.63) is 29.3 Å². The lowest BCUT2D eigenvalue weighted by molar-refractivity contribution is -0.130. The van der Waals surface area contributed by atoms with Gasteiger partial charge in [-0.1, -0.05) is 26.0 Å². The largest absolute Gasteiger partial charge is 0.496 e. The maximum Gasteiger partial charge on any atom is 0.409 e. The van der Waals surface area contributed by atoms with Crippen molar-refractivity contribution in [2.45, 2.75) is 32.6 Å². The minimum Gasteiger partial charge on any atom is -0.496 e. The van der Waals surface area contributed by atoms with Gasteiger partial charge in [0.25, 0.3) is 0 Å². The van der Waals surface area contributed by atoms with E-state index in [1.165, 1.54) is 12.7 Å². The summed E-state index contributed by atoms with van der Waals surface area (Å²) in [6, 6.07) is 6.02. The minimum atomic E-state index is -0.333. The number of amides is 2. The number of methoxy groups -OCH3 is 2. The molecule has 1 aromatic rings. The molecule has 0 atom stereocenters. The van der Waals surface area contributed by atoms with E-state index in [-0.39, 0.29) is 12.0 Å². The van der Waals surface area contributed by atoms with Gasteiger partial charge in [-0.3, -0.25) is 4.79 Å². The zero-order valence-electron chi connectivity index (χ0n) is 15.6. The number of carbonyl (C=O) groups excluding carboxylic acids is 2. The van der Waals surface area contributed by atoms with Crippen LogP contribution in [0.5, 0.6) is 5.75 Å². The van der Waals surface area contributed by atoms with Crippen LogP contribution in [0.2, 0.25) is 0 Å². The lowest BCUT2D eigenvalue weighted by atomic mass is 9.98. The van der Waals surface area contributed by atoms with Crippen molar-refractivity contribution < 1.29 is 19.1 Å². The van der Waals surface area contributed by atoms with Crippen molar-refractivity contribution in [1.29, 1.82) is 0 Å². The summed E-state index contributed by atoms with van der Waals surface area (Å²) in [5, 5.41) is 0. The average molecular weight is 348 g/mol. The van der Waals surface area contributed by atoms with Gasteiger partial charge in [0, 0.05) is 31.7 Å². The van der Waals surface area contributed by atoms with E-state index < -0.39 is 0 Å². The molecule has 0 saturated carbocycles. The fraction of sp³-hybridized carbons (Fsp3) is 0.579. The quantitative estimate of drug-likeness (QED) is 0.839. The molecule has 1 saturated heterocycles. The third-order valence-electron chi connectivity index (χ3n) is 4.59. The topological polar surface area (TPSA) is 59.1 Å². The highest BCUT2D eigenvalue weighted by Crippen LogP contribution is 2.25. The van der Waals surface area contributed by atoms with Crippen LogP contribution in [0.15, 0.2) is 18.2 Å². The Morgan fingerprint density at radius 3 is 2.40 bits per heavy atom. The number of rotatable bonds is 4. The third-order valence-corrected chi connectivity index (χ3v) is 4.59. The lowest BCUT2D eigenvalue weighted by Crippen LogP contribution is -2.37. The summed E-state index contributed by atoms with van der Waals surface area (Å²) in [5.74, 6) is 1.20. The number of ether oxygens (including phenoxy) is 2. The predicted molar refractivity (Wildman–Crippen MR) is 96.0 cm³/mol. The van der Waals surface area contributed by atoms with Crippen LogP contribution in [0.3, 0.4) is 0 Å². The molecule has 0 aromatic heterocycles. The van der Waals surface area contributed by atoms with E-state index in [2.05, 4.69) is 19.9 Å². The Hall–Kier alpha value is -2.24. The summed E-state index contributed by atoms with van der Waals surface area (Å²) >= 11 is 0. The Morgan fingerprint density at radius 2 is 1.76 bits per heavy atom. The van der Waals surface area contributed by atoms with Crippen molar-refractivity contribution in [2.24, 2.45) is 0 Å². The van der Waals surface area contributed by atoms with E-state index in [1.807, 2.05) is 17.0 Å². The van der Waals surface area contributed by atoms with Crippen LogP contribution in [0.25, 0.3) is 0 Å². The molecular weight excluding hydrogens is 320 g/mol. The molecule has 0 spiro atoms. The molecule has 1 fully saturated rings. The van der Waals surface area contributed by atoms with E-state index in [4.69, 9.17) is 9.47 Å². The standard InChI is InChI=1S/C19H28N2O4/c1-14(2)15-6-7-17(24-3)16(12-15)13-18(22)20-8-5-9-21(11-10-20)19(23)25-4/h6-7,12,14H,5,8-11,13H2,1-4H3. The molecular formula is C19H28N2O4. The first-order valence-electron chi connectivity index (χ1n) is 8.73. The van der Waals surface area contributed by atoms with Crippen LogP contribution in [-0.2, 0) is 16.0 Å². The van der Waals surface area contributed by atoms with Gasteiger partial charge in [0.1, 0.15) is 5.75 Å². The van der Waals surface area contributed by atoms with Gasteiger partial charge in [0.2, 0.25) is 5.91 Å². The molecule has 2 rings (SSSR count). The molecule has 6 heteroatoms. The van der Waals surface area contributed by atoms with Crippen LogP contribution < -0.4 is 4.74 Å². The molecule has 6 nitrogen and oxygen atoms in total. The number of carbonyl (C=O) groups is 2. The Balaban J connectivity index is 2.06. The predicted octanol–water partition coefficient (Wildman–Crippen LogP) is 2.66. The van der Waals surface area contributed by atoms with Crippen LogP contribution in [0.4, 0.5) is 4.79 Å². The lowest BCUT2D eigenvalue weighted by Gasteiger charge is -2.22. The first-order valence-corrected chi connectivity index (χ1v) is 8.73. The van der Waals surface area contributed by atoms with Crippen LogP contribution in [0.1, 0.15) is 37.3 Å². The fourth-order valence-electron chi connectivity index (χ4n) is 3.05. The maximum atomic E-state index is 12.8. The van der Waals surface area contributed by atoms with E-state index in [9.17, 15) is 9.59 Å². The SMILES string of the molecule is COC(=O)N1CCCN(C(=O)Cc2cc(C(C)C)ccc2OC)CC1. The number of hydrogen-bond acceptors (Lipinski definition) is 4. The smallest absolute Gasteiger partial charge is 0.409 e. The van der Waals surface area contributed by atoms with Gasteiger partial charge in [-0.2, -0.15) is 0 Å². The summed E-state index contributed by atoms with van der Waals surface area (Å²) in [6.07, 6.45) is 0.729. The number of hydrogen-bond donors (Lipinski definition) is 0. The van der Waals surface area contributed by atoms with Gasteiger partial charge >= 0.3 is 6.09 Å². The Labute approximate surface area is 149 Å². The van der Waals surface area contributed by atoms with E-state index >= 15 is 0 Å². The molecule has 0 unspecified atom stereocenters. The Bertz CT molecular complexity index is 615. The van der Waals surface area contributed by atoms with Crippen molar-refractivity contribution in [2.75, 3.05) is 40.4 Å². The highest BCUT2D eigenvalue weighted by Gasteiger charge is 2.23. The molecule has 0 bridgehead atoms. The second-order valence-corrected chi connectivity index (χ2v) is 6.59. The van der Waals surface area contributed by atoms with Crippen LogP contribution in [-0.4, -0.2) is 62.2 Å². The normalized spacial score (nSPS) is 15.1. The van der Waals surface area contributed by atoms with Crippen LogP contribution >= 0.6 is 0 Å². The summed E-state index contributed by atoms with van der Waals surface area (Å²) in [7, 11) is 3.00. The highest BCUT2D eigenvalue weighted by molar-refractivity contribution is 5.80. The van der Waals surface area contributed by atoms with Gasteiger partial charge in [0.05, 0.1) is 20.6 Å². The summed E-state index contributed by atoms with van der Waals surface area (Å²) in [4.78, 5) is 27.9. The number of benzene rings is 1. The molecule has 0 radical (unpaired) electrons. The molecule has 1 aliphatic rings. The molecule has 0 N–H and O–H groups in total. The zero-order valence-corrected chi connectivity index (χ0v) is 15.6. The maximum absolute atomic E-state index is 12.8. The first kappa shape index (κ1) is 19.1. The molecule has 0 aliphatic carbocycles. The zero-order chi connectivity index (χ0) is 18.4. The van der Waals surface area contributed by atoms with Crippen molar-refractivity contribution in [3.8, 4) is 5.75 Å². The van der Waals surface area contributed by atoms with Crippen LogP contribution in [0, 0.1) is 0 Å². The van der Waals surface area contributed by atoms with Gasteiger partial charge in [-0.05, 0) is 24.0 Å². The van der Waals surface area contributed by atoms with Gasteiger partial charge in [-0.25, -0.2) is 4.79 Å². The number of nitrogens with zero attached hydrogens (tertiary/aromatic N) is 2. The summed E-state index contributed by atoms with van der Waals surface area (Å²) in [5.41, 5.74) is 2.10. The Morgan fingerprint density at radius 1 is 1.08 bits per heavy atom. The second-order valence-electron chi connectivity index (χ2n) is 6.59.